The number of anilines is 1. The highest BCUT2D eigenvalue weighted by Crippen LogP contribution is 2.30. The van der Waals surface area contributed by atoms with Crippen LogP contribution < -0.4 is 5.73 Å². The van der Waals surface area contributed by atoms with E-state index in [1.54, 1.807) is 29.2 Å². The van der Waals surface area contributed by atoms with Crippen molar-refractivity contribution in [3.05, 3.63) is 63.6 Å². The quantitative estimate of drug-likeness (QED) is 0.627. The lowest BCUT2D eigenvalue weighted by Gasteiger charge is -2.24. The van der Waals surface area contributed by atoms with Crippen molar-refractivity contribution >= 4 is 40.8 Å². The van der Waals surface area contributed by atoms with Gasteiger partial charge < -0.3 is 15.4 Å². The zero-order valence-corrected chi connectivity index (χ0v) is 15.5. The largest absolute Gasteiger partial charge is 0.444 e. The Morgan fingerprint density at radius 3 is 2.38 bits per heavy atom. The molecule has 3 rings (SSSR count). The summed E-state index contributed by atoms with van der Waals surface area (Å²) in [6.45, 7) is 1.32. The topological polar surface area (TPSA) is 72.6 Å². The van der Waals surface area contributed by atoms with Gasteiger partial charge >= 0.3 is 5.97 Å². The number of nitrogen functional groups attached to an aromatic ring is 1. The van der Waals surface area contributed by atoms with Crippen molar-refractivity contribution in [1.82, 2.24) is 4.90 Å². The highest BCUT2D eigenvalue weighted by atomic mass is 35.5. The number of likely N-dealkylation sites (tertiary alicyclic amines) is 1. The van der Waals surface area contributed by atoms with E-state index < -0.39 is 12.1 Å². The molecule has 2 aromatic carbocycles. The van der Waals surface area contributed by atoms with Crippen LogP contribution in [-0.4, -0.2) is 29.9 Å². The predicted octanol–water partition coefficient (Wildman–Crippen LogP) is 4.10. The standard InChI is InChI=1S/C19H18Cl2N2O3/c20-13-10-14(16(22)15(21)11-13)19(25)26-17(12-6-2-1-3-7-12)18(24)23-8-4-5-9-23/h1-3,6-7,10-11,17H,4-5,8-9,22H2/t17-/m1/s1. The summed E-state index contributed by atoms with van der Waals surface area (Å²) in [5, 5.41) is 0.421. The van der Waals surface area contributed by atoms with E-state index in [0.717, 1.165) is 12.8 Å². The van der Waals surface area contributed by atoms with Gasteiger partial charge in [0.2, 0.25) is 6.10 Å². The Labute approximate surface area is 161 Å². The van der Waals surface area contributed by atoms with Crippen molar-refractivity contribution in [3.63, 3.8) is 0 Å². The molecule has 1 aliphatic heterocycles. The van der Waals surface area contributed by atoms with E-state index in [4.69, 9.17) is 33.7 Å². The Morgan fingerprint density at radius 1 is 1.08 bits per heavy atom. The van der Waals surface area contributed by atoms with E-state index in [0.29, 0.717) is 18.7 Å². The Morgan fingerprint density at radius 2 is 1.73 bits per heavy atom. The second-order valence-electron chi connectivity index (χ2n) is 6.08. The van der Waals surface area contributed by atoms with Gasteiger partial charge in [-0.2, -0.15) is 0 Å². The fourth-order valence-electron chi connectivity index (χ4n) is 2.92. The minimum absolute atomic E-state index is 0.0395. The molecule has 2 N–H and O–H groups in total. The number of benzene rings is 2. The fraction of sp³-hybridized carbons (Fsp3) is 0.263. The smallest absolute Gasteiger partial charge is 0.341 e. The molecule has 1 aliphatic rings. The third-order valence-corrected chi connectivity index (χ3v) is 4.81. The maximum absolute atomic E-state index is 12.9. The third-order valence-electron chi connectivity index (χ3n) is 4.28. The molecular weight excluding hydrogens is 375 g/mol. The summed E-state index contributed by atoms with van der Waals surface area (Å²) in [5.74, 6) is -0.984. The van der Waals surface area contributed by atoms with Crippen LogP contribution in [0.25, 0.3) is 0 Å². The molecule has 0 unspecified atom stereocenters. The number of amides is 1. The second kappa shape index (κ2) is 7.98. The molecule has 7 heteroatoms. The molecule has 1 fully saturated rings. The maximum Gasteiger partial charge on any atom is 0.341 e. The molecule has 26 heavy (non-hydrogen) atoms. The van der Waals surface area contributed by atoms with Gasteiger partial charge in [-0.05, 0) is 25.0 Å². The summed E-state index contributed by atoms with van der Waals surface area (Å²) >= 11 is 12.0. The summed E-state index contributed by atoms with van der Waals surface area (Å²) in [7, 11) is 0. The number of nitrogens with two attached hydrogens (primary N) is 1. The van der Waals surface area contributed by atoms with Gasteiger partial charge in [-0.1, -0.05) is 53.5 Å². The molecule has 0 saturated carbocycles. The van der Waals surface area contributed by atoms with Gasteiger partial charge in [0.25, 0.3) is 5.91 Å². The number of esters is 1. The number of carbonyl (C=O) groups excluding carboxylic acids is 2. The molecule has 1 amide bonds. The SMILES string of the molecule is Nc1c(Cl)cc(Cl)cc1C(=O)O[C@@H](C(=O)N1CCCC1)c1ccccc1. The number of hydrogen-bond acceptors (Lipinski definition) is 4. The molecule has 0 spiro atoms. The van der Waals surface area contributed by atoms with E-state index in [2.05, 4.69) is 0 Å². The van der Waals surface area contributed by atoms with Crippen LogP contribution >= 0.6 is 23.2 Å². The first-order valence-electron chi connectivity index (χ1n) is 8.26. The molecule has 1 heterocycles. The Kier molecular flexibility index (Phi) is 5.69. The van der Waals surface area contributed by atoms with Crippen LogP contribution in [0.15, 0.2) is 42.5 Å². The Bertz CT molecular complexity index is 821. The van der Waals surface area contributed by atoms with Crippen LogP contribution in [0.4, 0.5) is 5.69 Å². The van der Waals surface area contributed by atoms with E-state index in [9.17, 15) is 9.59 Å². The van der Waals surface area contributed by atoms with Crippen molar-refractivity contribution in [3.8, 4) is 0 Å². The lowest BCUT2D eigenvalue weighted by molar-refractivity contribution is -0.140. The average Bonchev–Trinajstić information content (AvgIpc) is 3.17. The lowest BCUT2D eigenvalue weighted by atomic mass is 10.1. The second-order valence-corrected chi connectivity index (χ2v) is 6.92. The van der Waals surface area contributed by atoms with Crippen LogP contribution in [0.1, 0.15) is 34.9 Å². The molecule has 0 aromatic heterocycles. The van der Waals surface area contributed by atoms with Gasteiger partial charge in [-0.25, -0.2) is 4.79 Å². The summed E-state index contributed by atoms with van der Waals surface area (Å²) in [6.07, 6.45) is 0.842. The zero-order valence-electron chi connectivity index (χ0n) is 14.0. The van der Waals surface area contributed by atoms with Crippen molar-refractivity contribution in [2.24, 2.45) is 0 Å². The summed E-state index contributed by atoms with van der Waals surface area (Å²) in [5.41, 5.74) is 6.59. The van der Waals surface area contributed by atoms with E-state index in [1.807, 2.05) is 6.07 Å². The number of ether oxygens (including phenoxy) is 1. The first-order chi connectivity index (χ1) is 12.5. The fourth-order valence-corrected chi connectivity index (χ4v) is 3.41. The van der Waals surface area contributed by atoms with E-state index in [-0.39, 0.29) is 27.2 Å². The van der Waals surface area contributed by atoms with Crippen molar-refractivity contribution < 1.29 is 14.3 Å². The summed E-state index contributed by atoms with van der Waals surface area (Å²) < 4.78 is 5.56. The number of nitrogens with zero attached hydrogens (tertiary/aromatic N) is 1. The van der Waals surface area contributed by atoms with Crippen molar-refractivity contribution in [2.45, 2.75) is 18.9 Å². The highest BCUT2D eigenvalue weighted by molar-refractivity contribution is 6.37. The lowest BCUT2D eigenvalue weighted by Crippen LogP contribution is -2.35. The highest BCUT2D eigenvalue weighted by Gasteiger charge is 2.32. The number of rotatable bonds is 4. The summed E-state index contributed by atoms with van der Waals surface area (Å²) in [6, 6.07) is 11.7. The van der Waals surface area contributed by atoms with Gasteiger partial charge in [0.05, 0.1) is 16.3 Å². The molecule has 0 radical (unpaired) electrons. The van der Waals surface area contributed by atoms with Gasteiger partial charge in [-0.15, -0.1) is 0 Å². The molecule has 1 saturated heterocycles. The Hall–Kier alpha value is -2.24. The number of hydrogen-bond donors (Lipinski definition) is 1. The normalized spacial score (nSPS) is 14.9. The minimum Gasteiger partial charge on any atom is -0.444 e. The predicted molar refractivity (Wildman–Crippen MR) is 101 cm³/mol. The first-order valence-corrected chi connectivity index (χ1v) is 9.02. The third kappa shape index (κ3) is 3.94. The number of halogens is 2. The molecular formula is C19H18Cl2N2O3. The first kappa shape index (κ1) is 18.5. The van der Waals surface area contributed by atoms with Crippen molar-refractivity contribution in [1.29, 1.82) is 0 Å². The average molecular weight is 393 g/mol. The van der Waals surface area contributed by atoms with Crippen LogP contribution in [0.2, 0.25) is 10.0 Å². The van der Waals surface area contributed by atoms with Gasteiger partial charge in [0.1, 0.15) is 0 Å². The molecule has 0 aliphatic carbocycles. The van der Waals surface area contributed by atoms with E-state index >= 15 is 0 Å². The van der Waals surface area contributed by atoms with Crippen LogP contribution in [0, 0.1) is 0 Å². The van der Waals surface area contributed by atoms with Gasteiger partial charge in [0, 0.05) is 23.7 Å². The molecule has 136 valence electrons. The molecule has 5 nitrogen and oxygen atoms in total. The zero-order chi connectivity index (χ0) is 18.7. The Balaban J connectivity index is 1.90. The van der Waals surface area contributed by atoms with Crippen LogP contribution in [0.3, 0.4) is 0 Å². The monoisotopic (exact) mass is 392 g/mol. The van der Waals surface area contributed by atoms with Crippen LogP contribution in [-0.2, 0) is 9.53 Å². The van der Waals surface area contributed by atoms with Crippen LogP contribution in [0.5, 0.6) is 0 Å². The maximum atomic E-state index is 12.9. The molecule has 1 atom stereocenters. The van der Waals surface area contributed by atoms with E-state index in [1.165, 1.54) is 12.1 Å². The number of carbonyl (C=O) groups is 2. The van der Waals surface area contributed by atoms with Gasteiger partial charge in [-0.3, -0.25) is 4.79 Å². The minimum atomic E-state index is -1.04. The molecule has 0 bridgehead atoms. The van der Waals surface area contributed by atoms with Crippen molar-refractivity contribution in [2.75, 3.05) is 18.8 Å². The van der Waals surface area contributed by atoms with Gasteiger partial charge in [0.15, 0.2) is 0 Å². The summed E-state index contributed by atoms with van der Waals surface area (Å²) in [4.78, 5) is 27.3. The molecule has 2 aromatic rings.